The Morgan fingerprint density at radius 2 is 2.00 bits per heavy atom. The first-order valence-corrected chi connectivity index (χ1v) is 5.78. The monoisotopic (exact) mass is 257 g/mol. The molecular weight excluding hydrogens is 240 g/mol. The van der Waals surface area contributed by atoms with Crippen molar-refractivity contribution in [3.05, 3.63) is 34.9 Å². The lowest BCUT2D eigenvalue weighted by molar-refractivity contribution is -0.138. The minimum atomic E-state index is -0.989. The Kier molecular flexibility index (Phi) is 4.78. The Bertz CT molecular complexity index is 449. The van der Waals surface area contributed by atoms with E-state index in [9.17, 15) is 13.6 Å². The Morgan fingerprint density at radius 1 is 1.39 bits per heavy atom. The maximum absolute atomic E-state index is 13.8. The zero-order chi connectivity index (χ0) is 13.9. The third kappa shape index (κ3) is 3.26. The van der Waals surface area contributed by atoms with Crippen LogP contribution in [0.2, 0.25) is 0 Å². The maximum Gasteiger partial charge on any atom is 0.317 e. The quantitative estimate of drug-likeness (QED) is 0.881. The summed E-state index contributed by atoms with van der Waals surface area (Å²) >= 11 is 0. The summed E-state index contributed by atoms with van der Waals surface area (Å²) in [6, 6.07) is 1.79. The molecule has 0 bridgehead atoms. The molecule has 0 spiro atoms. The number of nitrogens with zero attached hydrogens (tertiary/aromatic N) is 1. The lowest BCUT2D eigenvalue weighted by atomic mass is 10.0. The van der Waals surface area contributed by atoms with E-state index in [4.69, 9.17) is 5.11 Å². The van der Waals surface area contributed by atoms with Gasteiger partial charge in [-0.15, -0.1) is 0 Å². The molecule has 3 nitrogen and oxygen atoms in total. The van der Waals surface area contributed by atoms with Crippen LogP contribution in [0.15, 0.2) is 12.1 Å². The van der Waals surface area contributed by atoms with Crippen molar-refractivity contribution in [2.45, 2.75) is 26.8 Å². The highest BCUT2D eigenvalue weighted by Crippen LogP contribution is 2.25. The molecule has 0 aromatic heterocycles. The van der Waals surface area contributed by atoms with E-state index in [1.54, 1.807) is 18.7 Å². The number of carboxylic acids is 1. The van der Waals surface area contributed by atoms with Gasteiger partial charge in [0.25, 0.3) is 0 Å². The summed E-state index contributed by atoms with van der Waals surface area (Å²) in [6.07, 6.45) is 0. The number of hydrogen-bond acceptors (Lipinski definition) is 2. The lowest BCUT2D eigenvalue weighted by Gasteiger charge is -2.26. The number of halogens is 2. The smallest absolute Gasteiger partial charge is 0.317 e. The fraction of sp³-hybridized carbons (Fsp3) is 0.462. The molecule has 0 fully saturated rings. The number of aliphatic carboxylic acids is 1. The van der Waals surface area contributed by atoms with Crippen molar-refractivity contribution in [2.75, 3.05) is 13.1 Å². The molecule has 1 unspecified atom stereocenters. The first kappa shape index (κ1) is 14.6. The van der Waals surface area contributed by atoms with Gasteiger partial charge in [0, 0.05) is 11.6 Å². The van der Waals surface area contributed by atoms with E-state index in [0.29, 0.717) is 6.54 Å². The minimum Gasteiger partial charge on any atom is -0.480 e. The summed E-state index contributed by atoms with van der Waals surface area (Å²) in [5.41, 5.74) is 0.422. The molecule has 0 amide bonds. The molecule has 1 N–H and O–H groups in total. The van der Waals surface area contributed by atoms with Crippen molar-refractivity contribution in [1.82, 2.24) is 4.90 Å². The SMILES string of the molecule is CCN(CC(=O)O)C(C)c1cc(F)c(C)cc1F. The average molecular weight is 257 g/mol. The van der Waals surface area contributed by atoms with Gasteiger partial charge in [-0.25, -0.2) is 8.78 Å². The van der Waals surface area contributed by atoms with E-state index in [1.807, 2.05) is 0 Å². The van der Waals surface area contributed by atoms with Gasteiger partial charge in [-0.1, -0.05) is 6.92 Å². The molecule has 18 heavy (non-hydrogen) atoms. The van der Waals surface area contributed by atoms with Gasteiger partial charge >= 0.3 is 5.97 Å². The van der Waals surface area contributed by atoms with E-state index in [0.717, 1.165) is 12.1 Å². The van der Waals surface area contributed by atoms with Crippen molar-refractivity contribution >= 4 is 5.97 Å². The Hall–Kier alpha value is -1.49. The molecule has 0 aliphatic heterocycles. The van der Waals surface area contributed by atoms with E-state index in [2.05, 4.69) is 0 Å². The summed E-state index contributed by atoms with van der Waals surface area (Å²) in [5, 5.41) is 8.77. The molecule has 5 heteroatoms. The van der Waals surface area contributed by atoms with E-state index >= 15 is 0 Å². The van der Waals surface area contributed by atoms with Crippen LogP contribution in [0.4, 0.5) is 8.78 Å². The normalized spacial score (nSPS) is 12.8. The third-order valence-electron chi connectivity index (χ3n) is 3.02. The fourth-order valence-electron chi connectivity index (χ4n) is 1.87. The largest absolute Gasteiger partial charge is 0.480 e. The standard InChI is InChI=1S/C13H17F2NO2/c1-4-16(7-13(17)18)9(3)10-6-11(14)8(2)5-12(10)15/h5-6,9H,4,7H2,1-3H3,(H,17,18). The molecule has 100 valence electrons. The Morgan fingerprint density at radius 3 is 2.50 bits per heavy atom. The van der Waals surface area contributed by atoms with Crippen molar-refractivity contribution in [2.24, 2.45) is 0 Å². The van der Waals surface area contributed by atoms with Crippen LogP contribution in [-0.4, -0.2) is 29.1 Å². The number of carbonyl (C=O) groups is 1. The first-order chi connectivity index (χ1) is 8.36. The fourth-order valence-corrected chi connectivity index (χ4v) is 1.87. The van der Waals surface area contributed by atoms with Crippen LogP contribution in [0.1, 0.15) is 31.0 Å². The van der Waals surface area contributed by atoms with Gasteiger partial charge in [0.1, 0.15) is 11.6 Å². The molecule has 0 radical (unpaired) electrons. The highest BCUT2D eigenvalue weighted by molar-refractivity contribution is 5.69. The number of aryl methyl sites for hydroxylation is 1. The van der Waals surface area contributed by atoms with E-state index in [1.165, 1.54) is 6.92 Å². The topological polar surface area (TPSA) is 40.5 Å². The molecule has 0 saturated heterocycles. The summed E-state index contributed by atoms with van der Waals surface area (Å²) in [6.45, 7) is 5.18. The molecule has 1 rings (SSSR count). The summed E-state index contributed by atoms with van der Waals surface area (Å²) in [4.78, 5) is 12.3. The summed E-state index contributed by atoms with van der Waals surface area (Å²) < 4.78 is 27.2. The summed E-state index contributed by atoms with van der Waals surface area (Å²) in [7, 11) is 0. The maximum atomic E-state index is 13.8. The average Bonchev–Trinajstić information content (AvgIpc) is 2.29. The molecule has 0 saturated carbocycles. The molecule has 0 aliphatic rings. The van der Waals surface area contributed by atoms with E-state index < -0.39 is 23.6 Å². The first-order valence-electron chi connectivity index (χ1n) is 5.78. The lowest BCUT2D eigenvalue weighted by Crippen LogP contribution is -2.32. The number of carboxylic acid groups (broad SMARTS) is 1. The number of hydrogen-bond donors (Lipinski definition) is 1. The van der Waals surface area contributed by atoms with Crippen molar-refractivity contribution < 1.29 is 18.7 Å². The predicted octanol–water partition coefficient (Wildman–Crippen LogP) is 2.74. The van der Waals surface area contributed by atoms with Crippen molar-refractivity contribution in [1.29, 1.82) is 0 Å². The number of rotatable bonds is 5. The van der Waals surface area contributed by atoms with Crippen LogP contribution in [0.3, 0.4) is 0 Å². The molecule has 0 aliphatic carbocycles. The van der Waals surface area contributed by atoms with Gasteiger partial charge < -0.3 is 5.11 Å². The Balaban J connectivity index is 3.04. The molecule has 1 atom stereocenters. The second kappa shape index (κ2) is 5.91. The highest BCUT2D eigenvalue weighted by atomic mass is 19.1. The van der Waals surface area contributed by atoms with Gasteiger partial charge in [0.15, 0.2) is 0 Å². The van der Waals surface area contributed by atoms with Gasteiger partial charge in [-0.3, -0.25) is 9.69 Å². The van der Waals surface area contributed by atoms with Crippen LogP contribution in [0.5, 0.6) is 0 Å². The zero-order valence-corrected chi connectivity index (χ0v) is 10.7. The van der Waals surface area contributed by atoms with Crippen LogP contribution in [0, 0.1) is 18.6 Å². The van der Waals surface area contributed by atoms with Gasteiger partial charge in [-0.2, -0.15) is 0 Å². The zero-order valence-electron chi connectivity index (χ0n) is 10.7. The summed E-state index contributed by atoms with van der Waals surface area (Å²) in [5.74, 6) is -1.98. The van der Waals surface area contributed by atoms with Crippen LogP contribution >= 0.6 is 0 Å². The van der Waals surface area contributed by atoms with Gasteiger partial charge in [0.05, 0.1) is 6.54 Å². The second-order valence-electron chi connectivity index (χ2n) is 4.26. The molecule has 1 aromatic carbocycles. The predicted molar refractivity (Wildman–Crippen MR) is 64.4 cm³/mol. The number of likely N-dealkylation sites (N-methyl/N-ethyl adjacent to an activating group) is 1. The second-order valence-corrected chi connectivity index (χ2v) is 4.26. The van der Waals surface area contributed by atoms with Crippen molar-refractivity contribution in [3.8, 4) is 0 Å². The highest BCUT2D eigenvalue weighted by Gasteiger charge is 2.21. The van der Waals surface area contributed by atoms with Crippen LogP contribution < -0.4 is 0 Å². The van der Waals surface area contributed by atoms with Gasteiger partial charge in [0.2, 0.25) is 0 Å². The molecule has 0 heterocycles. The minimum absolute atomic E-state index is 0.182. The van der Waals surface area contributed by atoms with Crippen LogP contribution in [-0.2, 0) is 4.79 Å². The third-order valence-corrected chi connectivity index (χ3v) is 3.02. The van der Waals surface area contributed by atoms with Gasteiger partial charge in [-0.05, 0) is 38.1 Å². The molecular formula is C13H17F2NO2. The Labute approximate surface area is 105 Å². The van der Waals surface area contributed by atoms with Crippen LogP contribution in [0.25, 0.3) is 0 Å². The van der Waals surface area contributed by atoms with Crippen molar-refractivity contribution in [3.63, 3.8) is 0 Å². The number of benzene rings is 1. The molecule has 1 aromatic rings. The van der Waals surface area contributed by atoms with E-state index in [-0.39, 0.29) is 17.7 Å².